The molecule has 0 aromatic heterocycles. The average molecular weight is 218 g/mol. The number of likely N-dealkylation sites (tertiary alicyclic amines) is 1. The topological polar surface area (TPSA) is 29.3 Å². The summed E-state index contributed by atoms with van der Waals surface area (Å²) < 4.78 is 0. The first-order valence-electron chi connectivity index (χ1n) is 6.32. The van der Waals surface area contributed by atoms with Crippen LogP contribution in [0.2, 0.25) is 0 Å². The highest BCUT2D eigenvalue weighted by Crippen LogP contribution is 2.20. The van der Waals surface area contributed by atoms with Gasteiger partial charge in [0.25, 0.3) is 0 Å². The van der Waals surface area contributed by atoms with Gasteiger partial charge in [0, 0.05) is 19.1 Å². The van der Waals surface area contributed by atoms with Crippen LogP contribution < -0.4 is 5.73 Å². The third kappa shape index (κ3) is 2.63. The van der Waals surface area contributed by atoms with Gasteiger partial charge < -0.3 is 5.73 Å². The molecule has 2 N–H and O–H groups in total. The van der Waals surface area contributed by atoms with E-state index in [9.17, 15) is 0 Å². The summed E-state index contributed by atoms with van der Waals surface area (Å²) in [5, 5.41) is 0. The molecule has 0 amide bonds. The van der Waals surface area contributed by atoms with Crippen LogP contribution in [0.4, 0.5) is 0 Å². The Hall–Kier alpha value is -0.860. The van der Waals surface area contributed by atoms with Gasteiger partial charge in [-0.25, -0.2) is 0 Å². The highest BCUT2D eigenvalue weighted by atomic mass is 15.2. The third-order valence-corrected chi connectivity index (χ3v) is 3.65. The molecule has 1 fully saturated rings. The van der Waals surface area contributed by atoms with Gasteiger partial charge in [0.05, 0.1) is 0 Å². The maximum Gasteiger partial charge on any atom is 0.0239 e. The Labute approximate surface area is 98.4 Å². The van der Waals surface area contributed by atoms with E-state index in [1.54, 1.807) is 0 Å². The fraction of sp³-hybridized carbons (Fsp3) is 0.571. The second kappa shape index (κ2) is 5.46. The van der Waals surface area contributed by atoms with Crippen LogP contribution in [0.15, 0.2) is 24.3 Å². The minimum absolute atomic E-state index is 0.651. The van der Waals surface area contributed by atoms with Gasteiger partial charge in [-0.2, -0.15) is 0 Å². The standard InChI is InChI=1S/C14H22N2/c1-12-6-4-5-9-16(12)11-14-8-3-2-7-13(14)10-15/h2-3,7-8,12H,4-6,9-11,15H2,1H3/t12-/m0/s1. The van der Waals surface area contributed by atoms with E-state index in [-0.39, 0.29) is 0 Å². The molecule has 0 unspecified atom stereocenters. The fourth-order valence-corrected chi connectivity index (χ4v) is 2.52. The third-order valence-electron chi connectivity index (χ3n) is 3.65. The van der Waals surface area contributed by atoms with Crippen LogP contribution in [0.25, 0.3) is 0 Å². The van der Waals surface area contributed by atoms with Crippen molar-refractivity contribution >= 4 is 0 Å². The first-order chi connectivity index (χ1) is 7.81. The van der Waals surface area contributed by atoms with Gasteiger partial charge in [-0.05, 0) is 37.4 Å². The second-order valence-corrected chi connectivity index (χ2v) is 4.79. The van der Waals surface area contributed by atoms with Crippen molar-refractivity contribution in [1.82, 2.24) is 4.90 Å². The van der Waals surface area contributed by atoms with E-state index in [0.29, 0.717) is 6.54 Å². The number of piperidine rings is 1. The van der Waals surface area contributed by atoms with E-state index in [1.807, 2.05) is 0 Å². The SMILES string of the molecule is C[C@H]1CCCCN1Cc1ccccc1CN. The Morgan fingerprint density at radius 3 is 2.69 bits per heavy atom. The average Bonchev–Trinajstić information content (AvgIpc) is 2.33. The summed E-state index contributed by atoms with van der Waals surface area (Å²) in [6.45, 7) is 5.29. The summed E-state index contributed by atoms with van der Waals surface area (Å²) in [5.74, 6) is 0. The van der Waals surface area contributed by atoms with Crippen LogP contribution in [-0.4, -0.2) is 17.5 Å². The molecule has 1 heterocycles. The normalized spacial score (nSPS) is 22.2. The molecule has 1 aromatic carbocycles. The van der Waals surface area contributed by atoms with Crippen LogP contribution in [0.5, 0.6) is 0 Å². The van der Waals surface area contributed by atoms with Crippen molar-refractivity contribution in [2.24, 2.45) is 5.73 Å². The summed E-state index contributed by atoms with van der Waals surface area (Å²) in [6.07, 6.45) is 4.07. The Morgan fingerprint density at radius 1 is 1.25 bits per heavy atom. The summed E-state index contributed by atoms with van der Waals surface area (Å²) in [7, 11) is 0. The van der Waals surface area contributed by atoms with Crippen molar-refractivity contribution in [1.29, 1.82) is 0 Å². The maximum absolute atomic E-state index is 5.77. The lowest BCUT2D eigenvalue weighted by Crippen LogP contribution is -2.37. The minimum Gasteiger partial charge on any atom is -0.326 e. The number of rotatable bonds is 3. The number of nitrogens with two attached hydrogens (primary N) is 1. The molecule has 1 aliphatic heterocycles. The Morgan fingerprint density at radius 2 is 2.00 bits per heavy atom. The lowest BCUT2D eigenvalue weighted by atomic mass is 10.0. The summed E-state index contributed by atoms with van der Waals surface area (Å²) in [4.78, 5) is 2.58. The molecule has 88 valence electrons. The predicted octanol–water partition coefficient (Wildman–Crippen LogP) is 2.52. The number of nitrogens with zero attached hydrogens (tertiary/aromatic N) is 1. The fourth-order valence-electron chi connectivity index (χ4n) is 2.52. The van der Waals surface area contributed by atoms with Crippen LogP contribution in [0, 0.1) is 0 Å². The van der Waals surface area contributed by atoms with Gasteiger partial charge in [0.15, 0.2) is 0 Å². The van der Waals surface area contributed by atoms with E-state index in [2.05, 4.69) is 36.1 Å². The van der Waals surface area contributed by atoms with Crippen LogP contribution in [-0.2, 0) is 13.1 Å². The smallest absolute Gasteiger partial charge is 0.0239 e. The number of hydrogen-bond donors (Lipinski definition) is 1. The number of hydrogen-bond acceptors (Lipinski definition) is 2. The van der Waals surface area contributed by atoms with Crippen molar-refractivity contribution in [3.8, 4) is 0 Å². The maximum atomic E-state index is 5.77. The van der Waals surface area contributed by atoms with Crippen molar-refractivity contribution in [2.45, 2.75) is 45.3 Å². The van der Waals surface area contributed by atoms with E-state index in [4.69, 9.17) is 5.73 Å². The van der Waals surface area contributed by atoms with Gasteiger partial charge >= 0.3 is 0 Å². The van der Waals surface area contributed by atoms with Crippen molar-refractivity contribution in [3.05, 3.63) is 35.4 Å². The lowest BCUT2D eigenvalue weighted by molar-refractivity contribution is 0.152. The van der Waals surface area contributed by atoms with Gasteiger partial charge in [-0.1, -0.05) is 30.7 Å². The quantitative estimate of drug-likeness (QED) is 0.844. The number of benzene rings is 1. The zero-order chi connectivity index (χ0) is 11.4. The van der Waals surface area contributed by atoms with E-state index < -0.39 is 0 Å². The molecule has 1 saturated heterocycles. The zero-order valence-corrected chi connectivity index (χ0v) is 10.2. The molecule has 0 spiro atoms. The monoisotopic (exact) mass is 218 g/mol. The van der Waals surface area contributed by atoms with Crippen molar-refractivity contribution in [3.63, 3.8) is 0 Å². The van der Waals surface area contributed by atoms with Crippen LogP contribution >= 0.6 is 0 Å². The van der Waals surface area contributed by atoms with Crippen molar-refractivity contribution in [2.75, 3.05) is 6.54 Å². The molecule has 0 radical (unpaired) electrons. The van der Waals surface area contributed by atoms with Gasteiger partial charge in [0.1, 0.15) is 0 Å². The minimum atomic E-state index is 0.651. The summed E-state index contributed by atoms with van der Waals surface area (Å²) in [6, 6.07) is 9.27. The van der Waals surface area contributed by atoms with E-state index >= 15 is 0 Å². The molecular weight excluding hydrogens is 196 g/mol. The van der Waals surface area contributed by atoms with E-state index in [1.165, 1.54) is 36.9 Å². The molecular formula is C14H22N2. The molecule has 0 saturated carbocycles. The molecule has 1 aliphatic rings. The first-order valence-corrected chi connectivity index (χ1v) is 6.32. The van der Waals surface area contributed by atoms with Crippen LogP contribution in [0.3, 0.4) is 0 Å². The van der Waals surface area contributed by atoms with Gasteiger partial charge in [0.2, 0.25) is 0 Å². The predicted molar refractivity (Wildman–Crippen MR) is 68.1 cm³/mol. The highest BCUT2D eigenvalue weighted by molar-refractivity contribution is 5.26. The van der Waals surface area contributed by atoms with E-state index in [0.717, 1.165) is 12.6 Å². The van der Waals surface area contributed by atoms with Gasteiger partial charge in [-0.15, -0.1) is 0 Å². The molecule has 2 rings (SSSR count). The lowest BCUT2D eigenvalue weighted by Gasteiger charge is -2.33. The second-order valence-electron chi connectivity index (χ2n) is 4.79. The van der Waals surface area contributed by atoms with Crippen molar-refractivity contribution < 1.29 is 0 Å². The Bertz CT molecular complexity index is 335. The zero-order valence-electron chi connectivity index (χ0n) is 10.2. The van der Waals surface area contributed by atoms with Crippen LogP contribution in [0.1, 0.15) is 37.3 Å². The molecule has 1 atom stereocenters. The molecule has 2 heteroatoms. The molecule has 0 aliphatic carbocycles. The molecule has 0 bridgehead atoms. The summed E-state index contributed by atoms with van der Waals surface area (Å²) >= 11 is 0. The molecule has 1 aromatic rings. The largest absolute Gasteiger partial charge is 0.326 e. The first kappa shape index (κ1) is 11.6. The summed E-state index contributed by atoms with van der Waals surface area (Å²) in [5.41, 5.74) is 8.47. The Kier molecular flexibility index (Phi) is 3.97. The molecule has 2 nitrogen and oxygen atoms in total. The van der Waals surface area contributed by atoms with Gasteiger partial charge in [-0.3, -0.25) is 4.90 Å². The Balaban J connectivity index is 2.07. The molecule has 16 heavy (non-hydrogen) atoms. The highest BCUT2D eigenvalue weighted by Gasteiger charge is 2.18.